The van der Waals surface area contributed by atoms with E-state index in [1.807, 2.05) is 31.3 Å². The van der Waals surface area contributed by atoms with Gasteiger partial charge in [0.1, 0.15) is 5.82 Å². The molecule has 4 rings (SSSR count). The minimum Gasteiger partial charge on any atom is -0.349 e. The van der Waals surface area contributed by atoms with Crippen LogP contribution in [0.25, 0.3) is 0 Å². The van der Waals surface area contributed by atoms with E-state index in [2.05, 4.69) is 29.0 Å². The molecule has 4 nitrogen and oxygen atoms in total. The van der Waals surface area contributed by atoms with E-state index in [4.69, 9.17) is 0 Å². The van der Waals surface area contributed by atoms with Gasteiger partial charge >= 0.3 is 0 Å². The van der Waals surface area contributed by atoms with Crippen LogP contribution in [-0.4, -0.2) is 34.9 Å². The van der Waals surface area contributed by atoms with Gasteiger partial charge in [0, 0.05) is 43.6 Å². The van der Waals surface area contributed by atoms with Crippen molar-refractivity contribution in [1.82, 2.24) is 15.2 Å². The smallest absolute Gasteiger partial charge is 0.283 e. The van der Waals surface area contributed by atoms with E-state index in [9.17, 15) is 18.0 Å². The zero-order chi connectivity index (χ0) is 30.5. The molecule has 1 aliphatic rings. The molecule has 228 valence electrons. The third-order valence-corrected chi connectivity index (χ3v) is 7.99. The summed E-state index contributed by atoms with van der Waals surface area (Å²) in [6.07, 6.45) is 11.3. The molecule has 8 heteroatoms. The Kier molecular flexibility index (Phi) is 13.5. The normalized spacial score (nSPS) is 14.4. The van der Waals surface area contributed by atoms with Crippen molar-refractivity contribution < 1.29 is 18.0 Å². The predicted molar refractivity (Wildman–Crippen MR) is 168 cm³/mol. The summed E-state index contributed by atoms with van der Waals surface area (Å²) < 4.78 is 38.2. The first-order valence-corrected chi connectivity index (χ1v) is 15.6. The molecule has 1 unspecified atom stereocenters. The van der Waals surface area contributed by atoms with Crippen molar-refractivity contribution >= 4 is 15.1 Å². The molecule has 42 heavy (non-hydrogen) atoms. The van der Waals surface area contributed by atoms with Crippen LogP contribution in [0.2, 0.25) is 0 Å². The fourth-order valence-electron chi connectivity index (χ4n) is 5.35. The van der Waals surface area contributed by atoms with Gasteiger partial charge in [-0.3, -0.25) is 14.7 Å². The summed E-state index contributed by atoms with van der Waals surface area (Å²) in [7, 11) is 1.51. The Morgan fingerprint density at radius 2 is 1.62 bits per heavy atom. The van der Waals surface area contributed by atoms with Crippen molar-refractivity contribution in [2.45, 2.75) is 84.0 Å². The van der Waals surface area contributed by atoms with E-state index >= 15 is 0 Å². The van der Waals surface area contributed by atoms with Crippen LogP contribution in [-0.2, 0) is 18.6 Å². The number of aryl methyl sites for hydroxylation is 1. The van der Waals surface area contributed by atoms with Crippen molar-refractivity contribution in [1.29, 1.82) is 0 Å². The standard InChI is InChI=1S/C26H36FN3O.C8H9F2P/c1-3-5-20(6-4-2)15-22-16-23(18-28-17-22)26(31)29-25-11-13-30(14-12-25)19-21-7-9-24(27)10-8-21;1-6-2-4-7(5-3-6)8(9,10)11/h7-10,16-18,20,25H,3-6,11-15,19H2,1-2H3,(H,29,31);2-5H,11H2,1H3. The van der Waals surface area contributed by atoms with E-state index in [-0.39, 0.29) is 23.3 Å². The van der Waals surface area contributed by atoms with Gasteiger partial charge in [0.15, 0.2) is 0 Å². The summed E-state index contributed by atoms with van der Waals surface area (Å²) in [5.41, 5.74) is 1.17. The first kappa shape index (κ1) is 33.7. The lowest BCUT2D eigenvalue weighted by atomic mass is 9.91. The maximum Gasteiger partial charge on any atom is 0.283 e. The number of nitrogens with one attached hydrogen (secondary N) is 1. The van der Waals surface area contributed by atoms with Crippen molar-refractivity contribution in [3.05, 3.63) is 101 Å². The summed E-state index contributed by atoms with van der Waals surface area (Å²) in [6, 6.07) is 15.1. The number of aromatic nitrogens is 1. The topological polar surface area (TPSA) is 45.2 Å². The molecule has 0 radical (unpaired) electrons. The number of likely N-dealkylation sites (tertiary alicyclic amines) is 1. The number of carbonyl (C=O) groups excluding carboxylic acids is 1. The van der Waals surface area contributed by atoms with Crippen molar-refractivity contribution in [2.24, 2.45) is 5.92 Å². The van der Waals surface area contributed by atoms with Crippen LogP contribution >= 0.6 is 9.24 Å². The van der Waals surface area contributed by atoms with Gasteiger partial charge < -0.3 is 5.32 Å². The predicted octanol–water partition coefficient (Wildman–Crippen LogP) is 8.29. The Hall–Kier alpha value is -2.76. The number of pyridine rings is 1. The molecule has 1 N–H and O–H groups in total. The number of nitrogens with zero attached hydrogens (tertiary/aromatic N) is 2. The number of hydrogen-bond acceptors (Lipinski definition) is 3. The van der Waals surface area contributed by atoms with E-state index < -0.39 is 5.66 Å². The molecule has 1 atom stereocenters. The van der Waals surface area contributed by atoms with Gasteiger partial charge in [-0.1, -0.05) is 90.7 Å². The van der Waals surface area contributed by atoms with Gasteiger partial charge in [0.25, 0.3) is 11.6 Å². The summed E-state index contributed by atoms with van der Waals surface area (Å²) in [5, 5.41) is 3.20. The quantitative estimate of drug-likeness (QED) is 0.226. The molecule has 1 amide bonds. The fraction of sp³-hybridized carbons (Fsp3) is 0.471. The number of amides is 1. The Morgan fingerprint density at radius 1 is 1.00 bits per heavy atom. The molecule has 1 fully saturated rings. The van der Waals surface area contributed by atoms with E-state index in [1.54, 1.807) is 18.3 Å². The van der Waals surface area contributed by atoms with Gasteiger partial charge in [-0.15, -0.1) is 0 Å². The van der Waals surface area contributed by atoms with Crippen LogP contribution in [0.3, 0.4) is 0 Å². The van der Waals surface area contributed by atoms with Crippen LogP contribution in [0.5, 0.6) is 0 Å². The second-order valence-corrected chi connectivity index (χ2v) is 12.1. The third-order valence-electron chi connectivity index (χ3n) is 7.65. The Morgan fingerprint density at radius 3 is 2.19 bits per heavy atom. The SMILES string of the molecule is CCCC(CCC)Cc1cncc(C(=O)NC2CCN(Cc3ccc(F)cc3)CC2)c1.Cc1ccc(C(F)(F)P)cc1. The van der Waals surface area contributed by atoms with Gasteiger partial charge in [0.05, 0.1) is 5.56 Å². The van der Waals surface area contributed by atoms with Gasteiger partial charge in [0.2, 0.25) is 0 Å². The highest BCUT2D eigenvalue weighted by atomic mass is 31.0. The lowest BCUT2D eigenvalue weighted by Crippen LogP contribution is -2.44. The zero-order valence-corrected chi connectivity index (χ0v) is 26.2. The Labute approximate surface area is 251 Å². The number of alkyl halides is 2. The van der Waals surface area contributed by atoms with E-state index in [0.717, 1.165) is 55.6 Å². The van der Waals surface area contributed by atoms with Crippen LogP contribution in [0.4, 0.5) is 13.2 Å². The molecular weight excluding hydrogens is 554 g/mol. The number of carbonyl (C=O) groups is 1. The summed E-state index contributed by atoms with van der Waals surface area (Å²) in [4.78, 5) is 19.5. The van der Waals surface area contributed by atoms with Crippen molar-refractivity contribution in [2.75, 3.05) is 13.1 Å². The molecule has 1 saturated heterocycles. The molecule has 0 spiro atoms. The molecule has 0 bridgehead atoms. The summed E-state index contributed by atoms with van der Waals surface area (Å²) in [6.45, 7) is 9.01. The second kappa shape index (κ2) is 16.8. The highest BCUT2D eigenvalue weighted by Crippen LogP contribution is 2.34. The van der Waals surface area contributed by atoms with Crippen molar-refractivity contribution in [3.63, 3.8) is 0 Å². The number of rotatable bonds is 11. The lowest BCUT2D eigenvalue weighted by Gasteiger charge is -2.32. The van der Waals surface area contributed by atoms with Crippen molar-refractivity contribution in [3.8, 4) is 0 Å². The maximum absolute atomic E-state index is 13.1. The van der Waals surface area contributed by atoms with Crippen LogP contribution < -0.4 is 5.32 Å². The molecule has 3 aromatic rings. The Balaban J connectivity index is 0.000000369. The first-order chi connectivity index (χ1) is 20.1. The first-order valence-electron chi connectivity index (χ1n) is 15.0. The lowest BCUT2D eigenvalue weighted by molar-refractivity contribution is 0.0908. The molecule has 0 aliphatic carbocycles. The molecule has 0 saturated carbocycles. The second-order valence-electron chi connectivity index (χ2n) is 11.4. The summed E-state index contributed by atoms with van der Waals surface area (Å²) >= 11 is 0. The molecular formula is C34H45F3N3OP. The van der Waals surface area contributed by atoms with Crippen LogP contribution in [0, 0.1) is 18.7 Å². The number of piperidine rings is 1. The number of benzene rings is 2. The molecule has 2 heterocycles. The largest absolute Gasteiger partial charge is 0.349 e. The monoisotopic (exact) mass is 599 g/mol. The molecule has 1 aliphatic heterocycles. The van der Waals surface area contributed by atoms with Gasteiger partial charge in [-0.2, -0.15) is 8.78 Å². The van der Waals surface area contributed by atoms with Gasteiger partial charge in [-0.25, -0.2) is 4.39 Å². The highest BCUT2D eigenvalue weighted by Gasteiger charge is 2.24. The third kappa shape index (κ3) is 11.5. The average Bonchev–Trinajstić information content (AvgIpc) is 2.96. The van der Waals surface area contributed by atoms with E-state index in [1.165, 1.54) is 59.2 Å². The molecule has 1 aromatic heterocycles. The highest BCUT2D eigenvalue weighted by molar-refractivity contribution is 7.17. The average molecular weight is 600 g/mol. The summed E-state index contributed by atoms with van der Waals surface area (Å²) in [5.74, 6) is 0.449. The maximum atomic E-state index is 13.1. The minimum absolute atomic E-state index is 0.0196. The number of halogens is 3. The molecule has 2 aromatic carbocycles. The van der Waals surface area contributed by atoms with Gasteiger partial charge in [-0.05, 0) is 61.4 Å². The van der Waals surface area contributed by atoms with Crippen LogP contribution in [0.15, 0.2) is 67.0 Å². The number of hydrogen-bond donors (Lipinski definition) is 1. The zero-order valence-electron chi connectivity index (χ0n) is 25.1. The Bertz CT molecular complexity index is 1220. The van der Waals surface area contributed by atoms with E-state index in [0.29, 0.717) is 11.5 Å². The fourth-order valence-corrected chi connectivity index (χ4v) is 5.54. The van der Waals surface area contributed by atoms with Crippen LogP contribution in [0.1, 0.15) is 85.0 Å². The minimum atomic E-state index is -2.80.